The standard InChI is InChI=1S/C8H16N2O3/c1-2-3-4-7(11)10-5-6(9)8(12)13/h6H,2-5,9H2,1H3,(H,10,11)(H,12,13). The number of carboxylic acids is 1. The van der Waals surface area contributed by atoms with Crippen molar-refractivity contribution in [2.45, 2.75) is 32.2 Å². The summed E-state index contributed by atoms with van der Waals surface area (Å²) in [7, 11) is 0. The van der Waals surface area contributed by atoms with Crippen molar-refractivity contribution >= 4 is 11.9 Å². The van der Waals surface area contributed by atoms with Crippen LogP contribution >= 0.6 is 0 Å². The Kier molecular flexibility index (Phi) is 5.88. The SMILES string of the molecule is CCCCC(=O)NCC(N)C(=O)O. The Hall–Kier alpha value is -1.10. The van der Waals surface area contributed by atoms with Gasteiger partial charge in [-0.25, -0.2) is 0 Å². The summed E-state index contributed by atoms with van der Waals surface area (Å²) in [4.78, 5) is 21.2. The van der Waals surface area contributed by atoms with Crippen LogP contribution in [0.2, 0.25) is 0 Å². The van der Waals surface area contributed by atoms with Crippen molar-refractivity contribution in [3.05, 3.63) is 0 Å². The fraction of sp³-hybridized carbons (Fsp3) is 0.750. The molecule has 0 aromatic carbocycles. The fourth-order valence-electron chi connectivity index (χ4n) is 0.737. The first kappa shape index (κ1) is 11.9. The summed E-state index contributed by atoms with van der Waals surface area (Å²) in [5.41, 5.74) is 5.18. The summed E-state index contributed by atoms with van der Waals surface area (Å²) in [5, 5.41) is 10.8. The molecule has 0 aliphatic rings. The predicted octanol–water partition coefficient (Wildman–Crippen LogP) is -0.295. The summed E-state index contributed by atoms with van der Waals surface area (Å²) >= 11 is 0. The first-order chi connectivity index (χ1) is 6.07. The minimum Gasteiger partial charge on any atom is -0.480 e. The smallest absolute Gasteiger partial charge is 0.322 e. The number of aliphatic carboxylic acids is 1. The normalized spacial score (nSPS) is 12.2. The lowest BCUT2D eigenvalue weighted by molar-refractivity contribution is -0.138. The van der Waals surface area contributed by atoms with Crippen molar-refractivity contribution in [1.82, 2.24) is 5.32 Å². The van der Waals surface area contributed by atoms with Crippen molar-refractivity contribution < 1.29 is 14.7 Å². The second-order valence-electron chi connectivity index (χ2n) is 2.85. The van der Waals surface area contributed by atoms with E-state index in [-0.39, 0.29) is 12.5 Å². The Morgan fingerprint density at radius 3 is 2.62 bits per heavy atom. The van der Waals surface area contributed by atoms with E-state index in [1.54, 1.807) is 0 Å². The molecule has 13 heavy (non-hydrogen) atoms. The van der Waals surface area contributed by atoms with Crippen LogP contribution in [0.5, 0.6) is 0 Å². The van der Waals surface area contributed by atoms with Gasteiger partial charge in [-0.1, -0.05) is 13.3 Å². The molecule has 0 saturated heterocycles. The second-order valence-corrected chi connectivity index (χ2v) is 2.85. The lowest BCUT2D eigenvalue weighted by atomic mass is 10.2. The molecule has 1 unspecified atom stereocenters. The van der Waals surface area contributed by atoms with Gasteiger partial charge in [0.1, 0.15) is 6.04 Å². The molecule has 0 spiro atoms. The Balaban J connectivity index is 3.52. The number of nitrogens with one attached hydrogen (secondary N) is 1. The van der Waals surface area contributed by atoms with E-state index in [0.717, 1.165) is 12.8 Å². The molecule has 0 aliphatic heterocycles. The molecule has 5 heteroatoms. The van der Waals surface area contributed by atoms with Gasteiger partial charge in [0.25, 0.3) is 0 Å². The van der Waals surface area contributed by atoms with Gasteiger partial charge in [0, 0.05) is 13.0 Å². The summed E-state index contributed by atoms with van der Waals surface area (Å²) in [5.74, 6) is -1.24. The monoisotopic (exact) mass is 188 g/mol. The Morgan fingerprint density at radius 1 is 1.54 bits per heavy atom. The molecular formula is C8H16N2O3. The van der Waals surface area contributed by atoms with Crippen LogP contribution in [0.25, 0.3) is 0 Å². The van der Waals surface area contributed by atoms with Crippen LogP contribution in [0.4, 0.5) is 0 Å². The molecule has 0 heterocycles. The van der Waals surface area contributed by atoms with Crippen molar-refractivity contribution in [3.63, 3.8) is 0 Å². The van der Waals surface area contributed by atoms with E-state index in [2.05, 4.69) is 5.32 Å². The largest absolute Gasteiger partial charge is 0.480 e. The van der Waals surface area contributed by atoms with E-state index in [1.165, 1.54) is 0 Å². The van der Waals surface area contributed by atoms with Crippen LogP contribution in [-0.4, -0.2) is 29.6 Å². The highest BCUT2D eigenvalue weighted by Gasteiger charge is 2.11. The number of hydrogen-bond donors (Lipinski definition) is 3. The number of nitrogens with two attached hydrogens (primary N) is 1. The summed E-state index contributed by atoms with van der Waals surface area (Å²) < 4.78 is 0. The van der Waals surface area contributed by atoms with Gasteiger partial charge in [-0.15, -0.1) is 0 Å². The van der Waals surface area contributed by atoms with E-state index in [1.807, 2.05) is 6.92 Å². The van der Waals surface area contributed by atoms with Crippen LogP contribution in [0.15, 0.2) is 0 Å². The summed E-state index contributed by atoms with van der Waals surface area (Å²) in [6.45, 7) is 1.98. The average Bonchev–Trinajstić information content (AvgIpc) is 2.10. The van der Waals surface area contributed by atoms with Gasteiger partial charge < -0.3 is 16.2 Å². The molecule has 76 valence electrons. The zero-order valence-electron chi connectivity index (χ0n) is 7.75. The van der Waals surface area contributed by atoms with E-state index in [4.69, 9.17) is 10.8 Å². The molecule has 4 N–H and O–H groups in total. The average molecular weight is 188 g/mol. The highest BCUT2D eigenvalue weighted by atomic mass is 16.4. The maximum atomic E-state index is 11.0. The zero-order valence-corrected chi connectivity index (χ0v) is 7.75. The van der Waals surface area contributed by atoms with Crippen molar-refractivity contribution in [2.75, 3.05) is 6.54 Å². The quantitative estimate of drug-likeness (QED) is 0.533. The fourth-order valence-corrected chi connectivity index (χ4v) is 0.737. The van der Waals surface area contributed by atoms with Gasteiger partial charge in [0.15, 0.2) is 0 Å². The van der Waals surface area contributed by atoms with Gasteiger partial charge in [0.05, 0.1) is 0 Å². The van der Waals surface area contributed by atoms with Gasteiger partial charge in [-0.2, -0.15) is 0 Å². The van der Waals surface area contributed by atoms with Gasteiger partial charge in [-0.05, 0) is 6.42 Å². The zero-order chi connectivity index (χ0) is 10.3. The molecular weight excluding hydrogens is 172 g/mol. The van der Waals surface area contributed by atoms with Gasteiger partial charge in [-0.3, -0.25) is 9.59 Å². The maximum absolute atomic E-state index is 11.0. The number of carboxylic acid groups (broad SMARTS) is 1. The van der Waals surface area contributed by atoms with Crippen molar-refractivity contribution in [2.24, 2.45) is 5.73 Å². The molecule has 0 saturated carbocycles. The van der Waals surface area contributed by atoms with Gasteiger partial charge in [0.2, 0.25) is 5.91 Å². The molecule has 0 fully saturated rings. The summed E-state index contributed by atoms with van der Waals surface area (Å²) in [6.07, 6.45) is 2.19. The predicted molar refractivity (Wildman–Crippen MR) is 48.1 cm³/mol. The molecule has 0 aliphatic carbocycles. The number of hydrogen-bond acceptors (Lipinski definition) is 3. The Morgan fingerprint density at radius 2 is 2.15 bits per heavy atom. The third kappa shape index (κ3) is 6.10. The highest BCUT2D eigenvalue weighted by Crippen LogP contribution is 1.92. The third-order valence-corrected chi connectivity index (χ3v) is 1.59. The third-order valence-electron chi connectivity index (χ3n) is 1.59. The molecule has 5 nitrogen and oxygen atoms in total. The highest BCUT2D eigenvalue weighted by molar-refractivity contribution is 5.78. The van der Waals surface area contributed by atoms with Crippen molar-refractivity contribution in [1.29, 1.82) is 0 Å². The Labute approximate surface area is 77.3 Å². The molecule has 1 amide bonds. The van der Waals surface area contributed by atoms with E-state index >= 15 is 0 Å². The van der Waals surface area contributed by atoms with Crippen LogP contribution in [0.1, 0.15) is 26.2 Å². The Bertz CT molecular complexity index is 182. The van der Waals surface area contributed by atoms with Crippen LogP contribution in [0, 0.1) is 0 Å². The lowest BCUT2D eigenvalue weighted by Gasteiger charge is -2.07. The molecule has 0 aromatic heterocycles. The number of unbranched alkanes of at least 4 members (excludes halogenated alkanes) is 1. The lowest BCUT2D eigenvalue weighted by Crippen LogP contribution is -2.42. The molecule has 0 rings (SSSR count). The summed E-state index contributed by atoms with van der Waals surface area (Å²) in [6, 6.07) is -1.01. The molecule has 0 aromatic rings. The van der Waals surface area contributed by atoms with Crippen LogP contribution < -0.4 is 11.1 Å². The minimum atomic E-state index is -1.10. The first-order valence-electron chi connectivity index (χ1n) is 4.33. The second kappa shape index (κ2) is 6.42. The van der Waals surface area contributed by atoms with E-state index in [0.29, 0.717) is 6.42 Å². The number of carbonyl (C=O) groups is 2. The van der Waals surface area contributed by atoms with E-state index < -0.39 is 12.0 Å². The molecule has 0 bridgehead atoms. The molecule has 1 atom stereocenters. The van der Waals surface area contributed by atoms with Crippen LogP contribution in [-0.2, 0) is 9.59 Å². The topological polar surface area (TPSA) is 92.4 Å². The number of rotatable bonds is 6. The number of amides is 1. The maximum Gasteiger partial charge on any atom is 0.322 e. The van der Waals surface area contributed by atoms with Gasteiger partial charge >= 0.3 is 5.97 Å². The van der Waals surface area contributed by atoms with Crippen LogP contribution in [0.3, 0.4) is 0 Å². The van der Waals surface area contributed by atoms with E-state index in [9.17, 15) is 9.59 Å². The minimum absolute atomic E-state index is 0.00210. The van der Waals surface area contributed by atoms with Crippen molar-refractivity contribution in [3.8, 4) is 0 Å². The first-order valence-corrected chi connectivity index (χ1v) is 4.33. The number of carbonyl (C=O) groups excluding carboxylic acids is 1. The molecule has 0 radical (unpaired) electrons.